The van der Waals surface area contributed by atoms with Gasteiger partial charge < -0.3 is 4.74 Å². The number of carbonyl (C=O) groups is 1. The van der Waals surface area contributed by atoms with Gasteiger partial charge in [0, 0.05) is 6.42 Å². The molecule has 0 aromatic rings. The first kappa shape index (κ1) is 47.5. The standard InChI is InChI=1S/C46H92O2/c1-4-5-6-7-8-9-10-11-12-18-22-25-28-31-34-37-40-43-46(47)48-44-41-38-35-32-29-26-23-20-17-15-13-14-16-19-21-24-27-30-33-36-39-42-45(2)3/h45H,4-44H2,1-3H3. The van der Waals surface area contributed by atoms with E-state index in [-0.39, 0.29) is 5.97 Å². The van der Waals surface area contributed by atoms with Crippen molar-refractivity contribution in [2.75, 3.05) is 6.61 Å². The molecule has 0 aliphatic carbocycles. The van der Waals surface area contributed by atoms with Crippen LogP contribution in [0.25, 0.3) is 0 Å². The summed E-state index contributed by atoms with van der Waals surface area (Å²) in [5.41, 5.74) is 0. The second-order valence-corrected chi connectivity index (χ2v) is 16.2. The van der Waals surface area contributed by atoms with Crippen molar-refractivity contribution in [3.8, 4) is 0 Å². The molecular weight excluding hydrogens is 585 g/mol. The molecule has 0 aromatic carbocycles. The highest BCUT2D eigenvalue weighted by Crippen LogP contribution is 2.17. The number of hydrogen-bond donors (Lipinski definition) is 0. The van der Waals surface area contributed by atoms with E-state index in [0.717, 1.165) is 18.8 Å². The fraction of sp³-hybridized carbons (Fsp3) is 0.978. The molecule has 0 bridgehead atoms. The van der Waals surface area contributed by atoms with E-state index in [1.807, 2.05) is 0 Å². The van der Waals surface area contributed by atoms with Crippen LogP contribution in [0.5, 0.6) is 0 Å². The van der Waals surface area contributed by atoms with Crippen molar-refractivity contribution < 1.29 is 9.53 Å². The molecule has 0 N–H and O–H groups in total. The van der Waals surface area contributed by atoms with Crippen LogP contribution >= 0.6 is 0 Å². The third kappa shape index (κ3) is 43.5. The van der Waals surface area contributed by atoms with Gasteiger partial charge in [0.15, 0.2) is 0 Å². The van der Waals surface area contributed by atoms with Gasteiger partial charge in [0.05, 0.1) is 6.61 Å². The minimum absolute atomic E-state index is 0.0320. The van der Waals surface area contributed by atoms with Crippen molar-refractivity contribution in [3.05, 3.63) is 0 Å². The van der Waals surface area contributed by atoms with Crippen molar-refractivity contribution in [1.29, 1.82) is 0 Å². The summed E-state index contributed by atoms with van der Waals surface area (Å²) in [6.45, 7) is 7.62. The van der Waals surface area contributed by atoms with Gasteiger partial charge in [0.1, 0.15) is 0 Å². The van der Waals surface area contributed by atoms with Crippen LogP contribution < -0.4 is 0 Å². The Hall–Kier alpha value is -0.530. The van der Waals surface area contributed by atoms with Crippen LogP contribution in [0.15, 0.2) is 0 Å². The van der Waals surface area contributed by atoms with E-state index in [0.29, 0.717) is 13.0 Å². The van der Waals surface area contributed by atoms with Gasteiger partial charge in [-0.25, -0.2) is 0 Å². The van der Waals surface area contributed by atoms with Crippen LogP contribution in [-0.4, -0.2) is 12.6 Å². The molecule has 0 aliphatic rings. The molecule has 0 saturated heterocycles. The summed E-state index contributed by atoms with van der Waals surface area (Å²) in [4.78, 5) is 12.0. The SMILES string of the molecule is CCCCCCCCCCCCCCCCCCCC(=O)OCCCCCCCCCCCCCCCCCCCCCCCC(C)C. The average molecular weight is 677 g/mol. The predicted octanol–water partition coefficient (Wildman–Crippen LogP) is 16.8. The van der Waals surface area contributed by atoms with Gasteiger partial charge in [-0.05, 0) is 18.8 Å². The van der Waals surface area contributed by atoms with Crippen LogP contribution in [0.1, 0.15) is 278 Å². The van der Waals surface area contributed by atoms with Crippen molar-refractivity contribution in [2.45, 2.75) is 278 Å². The summed E-state index contributed by atoms with van der Waals surface area (Å²) >= 11 is 0. The Morgan fingerprint density at radius 2 is 0.604 bits per heavy atom. The number of ether oxygens (including phenoxy) is 1. The normalized spacial score (nSPS) is 11.6. The molecule has 48 heavy (non-hydrogen) atoms. The number of unbranched alkanes of at least 4 members (excludes halogenated alkanes) is 36. The molecule has 0 aromatic heterocycles. The summed E-state index contributed by atoms with van der Waals surface area (Å²) in [7, 11) is 0. The fourth-order valence-corrected chi connectivity index (χ4v) is 7.27. The molecule has 0 saturated carbocycles. The first-order valence-corrected chi connectivity index (χ1v) is 22.8. The highest BCUT2D eigenvalue weighted by Gasteiger charge is 2.03. The van der Waals surface area contributed by atoms with Gasteiger partial charge in [0.25, 0.3) is 0 Å². The molecule has 0 fully saturated rings. The maximum atomic E-state index is 12.0. The van der Waals surface area contributed by atoms with Crippen molar-refractivity contribution >= 4 is 5.97 Å². The maximum absolute atomic E-state index is 12.0. The Balaban J connectivity index is 3.14. The van der Waals surface area contributed by atoms with Gasteiger partial charge in [-0.3, -0.25) is 4.79 Å². The lowest BCUT2D eigenvalue weighted by Crippen LogP contribution is -2.05. The molecule has 0 aliphatic heterocycles. The third-order valence-corrected chi connectivity index (χ3v) is 10.7. The Morgan fingerprint density at radius 1 is 0.354 bits per heavy atom. The van der Waals surface area contributed by atoms with Crippen LogP contribution in [0.3, 0.4) is 0 Å². The number of hydrogen-bond acceptors (Lipinski definition) is 2. The molecule has 0 atom stereocenters. The zero-order chi connectivity index (χ0) is 34.9. The molecule has 0 amide bonds. The van der Waals surface area contributed by atoms with E-state index in [4.69, 9.17) is 4.74 Å². The first-order chi connectivity index (χ1) is 23.7. The van der Waals surface area contributed by atoms with Crippen LogP contribution in [0.2, 0.25) is 0 Å². The van der Waals surface area contributed by atoms with E-state index in [1.54, 1.807) is 0 Å². The topological polar surface area (TPSA) is 26.3 Å². The van der Waals surface area contributed by atoms with E-state index in [9.17, 15) is 4.79 Å². The van der Waals surface area contributed by atoms with E-state index >= 15 is 0 Å². The number of esters is 1. The number of carbonyl (C=O) groups excluding carboxylic acids is 1. The Kier molecular flexibility index (Phi) is 42.2. The lowest BCUT2D eigenvalue weighted by molar-refractivity contribution is -0.143. The van der Waals surface area contributed by atoms with Gasteiger partial charge in [-0.2, -0.15) is 0 Å². The molecule has 0 rings (SSSR count). The van der Waals surface area contributed by atoms with Crippen LogP contribution in [0.4, 0.5) is 0 Å². The van der Waals surface area contributed by atoms with Gasteiger partial charge in [0.2, 0.25) is 0 Å². The maximum Gasteiger partial charge on any atom is 0.305 e. The lowest BCUT2D eigenvalue weighted by atomic mass is 10.0. The second kappa shape index (κ2) is 42.6. The molecule has 288 valence electrons. The van der Waals surface area contributed by atoms with E-state index < -0.39 is 0 Å². The highest BCUT2D eigenvalue weighted by molar-refractivity contribution is 5.69. The van der Waals surface area contributed by atoms with E-state index in [2.05, 4.69) is 20.8 Å². The van der Waals surface area contributed by atoms with Crippen LogP contribution in [0, 0.1) is 5.92 Å². The van der Waals surface area contributed by atoms with Crippen molar-refractivity contribution in [1.82, 2.24) is 0 Å². The molecule has 0 heterocycles. The van der Waals surface area contributed by atoms with Gasteiger partial charge in [-0.15, -0.1) is 0 Å². The quantitative estimate of drug-likeness (QED) is 0.0475. The fourth-order valence-electron chi connectivity index (χ4n) is 7.27. The Labute approximate surface area is 304 Å². The third-order valence-electron chi connectivity index (χ3n) is 10.7. The molecule has 0 spiro atoms. The number of rotatable bonds is 42. The summed E-state index contributed by atoms with van der Waals surface area (Å²) in [6, 6.07) is 0. The Bertz CT molecular complexity index is 585. The zero-order valence-corrected chi connectivity index (χ0v) is 33.9. The minimum atomic E-state index is 0.0320. The zero-order valence-electron chi connectivity index (χ0n) is 33.9. The highest BCUT2D eigenvalue weighted by atomic mass is 16.5. The summed E-state index contributed by atoms with van der Waals surface area (Å²) < 4.78 is 5.48. The first-order valence-electron chi connectivity index (χ1n) is 22.8. The summed E-state index contributed by atoms with van der Waals surface area (Å²) in [5.74, 6) is 0.917. The monoisotopic (exact) mass is 677 g/mol. The lowest BCUT2D eigenvalue weighted by Gasteiger charge is -2.06. The molecule has 2 heteroatoms. The summed E-state index contributed by atoms with van der Waals surface area (Å²) in [5, 5.41) is 0. The van der Waals surface area contributed by atoms with Crippen LogP contribution in [-0.2, 0) is 9.53 Å². The van der Waals surface area contributed by atoms with Crippen molar-refractivity contribution in [3.63, 3.8) is 0 Å². The molecule has 0 unspecified atom stereocenters. The predicted molar refractivity (Wildman–Crippen MR) is 216 cm³/mol. The smallest absolute Gasteiger partial charge is 0.305 e. The Morgan fingerprint density at radius 3 is 0.896 bits per heavy atom. The molecular formula is C46H92O2. The average Bonchev–Trinajstić information content (AvgIpc) is 3.08. The van der Waals surface area contributed by atoms with Crippen molar-refractivity contribution in [2.24, 2.45) is 5.92 Å². The van der Waals surface area contributed by atoms with Gasteiger partial charge >= 0.3 is 5.97 Å². The van der Waals surface area contributed by atoms with E-state index in [1.165, 1.54) is 238 Å². The largest absolute Gasteiger partial charge is 0.466 e. The molecule has 2 nitrogen and oxygen atoms in total. The summed E-state index contributed by atoms with van der Waals surface area (Å²) in [6.07, 6.45) is 55.0. The molecule has 0 radical (unpaired) electrons. The second-order valence-electron chi connectivity index (χ2n) is 16.2. The minimum Gasteiger partial charge on any atom is -0.466 e. The van der Waals surface area contributed by atoms with Gasteiger partial charge in [-0.1, -0.05) is 258 Å².